The van der Waals surface area contributed by atoms with Crippen molar-refractivity contribution in [3.8, 4) is 5.75 Å². The first-order chi connectivity index (χ1) is 11.9. The van der Waals surface area contributed by atoms with Gasteiger partial charge in [0.2, 0.25) is 0 Å². The molecule has 2 rings (SSSR count). The summed E-state index contributed by atoms with van der Waals surface area (Å²) in [6.07, 6.45) is 0.191. The molecule has 1 aromatic heterocycles. The third-order valence-corrected chi connectivity index (χ3v) is 5.02. The molecular weight excluding hydrogens is 340 g/mol. The minimum atomic E-state index is -0.389. The van der Waals surface area contributed by atoms with Gasteiger partial charge in [-0.05, 0) is 38.0 Å². The zero-order chi connectivity index (χ0) is 18.6. The molecule has 6 nitrogen and oxygen atoms in total. The third kappa shape index (κ3) is 4.36. The first-order valence-corrected chi connectivity index (χ1v) is 8.73. The Morgan fingerprint density at radius 3 is 2.60 bits per heavy atom. The highest BCUT2D eigenvalue weighted by Crippen LogP contribution is 2.19. The van der Waals surface area contributed by atoms with Crippen LogP contribution in [0.4, 0.5) is 0 Å². The van der Waals surface area contributed by atoms with Crippen LogP contribution in [0.2, 0.25) is 0 Å². The van der Waals surface area contributed by atoms with Crippen molar-refractivity contribution in [2.45, 2.75) is 27.2 Å². The zero-order valence-electron chi connectivity index (χ0n) is 15.1. The SMILES string of the molecule is CCOC(=O)c1sc(=NC(=O)Cc2ccc(OC)c(C)c2)n(C)c1C. The summed E-state index contributed by atoms with van der Waals surface area (Å²) in [5.41, 5.74) is 2.57. The van der Waals surface area contributed by atoms with Crippen LogP contribution >= 0.6 is 11.3 Å². The second-order valence-electron chi connectivity index (χ2n) is 5.56. The maximum Gasteiger partial charge on any atom is 0.350 e. The Bertz CT molecular complexity index is 864. The van der Waals surface area contributed by atoms with Gasteiger partial charge >= 0.3 is 5.97 Å². The molecule has 0 N–H and O–H groups in total. The van der Waals surface area contributed by atoms with Crippen LogP contribution in [0.15, 0.2) is 23.2 Å². The number of aromatic nitrogens is 1. The summed E-state index contributed by atoms with van der Waals surface area (Å²) in [5.74, 6) is 0.129. The molecule has 0 fully saturated rings. The smallest absolute Gasteiger partial charge is 0.350 e. The van der Waals surface area contributed by atoms with E-state index in [9.17, 15) is 9.59 Å². The number of carbonyl (C=O) groups is 2. The van der Waals surface area contributed by atoms with Crippen LogP contribution < -0.4 is 9.54 Å². The van der Waals surface area contributed by atoms with Crippen molar-refractivity contribution >= 4 is 23.2 Å². The number of nitrogens with zero attached hydrogens (tertiary/aromatic N) is 2. The molecule has 1 heterocycles. The van der Waals surface area contributed by atoms with Crippen molar-refractivity contribution < 1.29 is 19.1 Å². The van der Waals surface area contributed by atoms with Crippen molar-refractivity contribution in [2.75, 3.05) is 13.7 Å². The van der Waals surface area contributed by atoms with Gasteiger partial charge in [0.15, 0.2) is 4.80 Å². The largest absolute Gasteiger partial charge is 0.496 e. The van der Waals surface area contributed by atoms with Gasteiger partial charge in [-0.3, -0.25) is 4.79 Å². The number of rotatable bonds is 5. The maximum atomic E-state index is 12.3. The lowest BCUT2D eigenvalue weighted by Crippen LogP contribution is -2.15. The fraction of sp³-hybridized carbons (Fsp3) is 0.389. The highest BCUT2D eigenvalue weighted by Gasteiger charge is 2.16. The topological polar surface area (TPSA) is 69.9 Å². The van der Waals surface area contributed by atoms with Crippen LogP contribution in [0.25, 0.3) is 0 Å². The van der Waals surface area contributed by atoms with E-state index in [0.717, 1.165) is 33.9 Å². The number of amides is 1. The summed E-state index contributed by atoms with van der Waals surface area (Å²) in [5, 5.41) is 0. The molecule has 1 aromatic carbocycles. The number of benzene rings is 1. The quantitative estimate of drug-likeness (QED) is 0.767. The Labute approximate surface area is 150 Å². The normalized spacial score (nSPS) is 11.5. The van der Waals surface area contributed by atoms with Crippen LogP contribution in [-0.4, -0.2) is 30.2 Å². The van der Waals surface area contributed by atoms with Crippen LogP contribution in [0.3, 0.4) is 0 Å². The Hall–Kier alpha value is -2.41. The van der Waals surface area contributed by atoms with Gasteiger partial charge in [0, 0.05) is 12.7 Å². The highest BCUT2D eigenvalue weighted by molar-refractivity contribution is 7.11. The summed E-state index contributed by atoms with van der Waals surface area (Å²) in [6, 6.07) is 5.60. The Kier molecular flexibility index (Phi) is 6.14. The zero-order valence-corrected chi connectivity index (χ0v) is 15.9. The second kappa shape index (κ2) is 8.11. The fourth-order valence-electron chi connectivity index (χ4n) is 2.38. The molecular formula is C18H22N2O4S. The number of esters is 1. The van der Waals surface area contributed by atoms with Crippen molar-refractivity contribution in [1.29, 1.82) is 0 Å². The number of carbonyl (C=O) groups excluding carboxylic acids is 2. The highest BCUT2D eigenvalue weighted by atomic mass is 32.1. The molecule has 0 bridgehead atoms. The maximum absolute atomic E-state index is 12.3. The van der Waals surface area contributed by atoms with E-state index >= 15 is 0 Å². The van der Waals surface area contributed by atoms with Gasteiger partial charge in [-0.2, -0.15) is 4.99 Å². The lowest BCUT2D eigenvalue weighted by molar-refractivity contribution is -0.117. The third-order valence-electron chi connectivity index (χ3n) is 3.81. The van der Waals surface area contributed by atoms with Crippen molar-refractivity contribution in [3.05, 3.63) is 44.7 Å². The van der Waals surface area contributed by atoms with Gasteiger partial charge in [-0.25, -0.2) is 4.79 Å². The lowest BCUT2D eigenvalue weighted by Gasteiger charge is -2.05. The molecule has 0 unspecified atom stereocenters. The Balaban J connectivity index is 2.25. The second-order valence-corrected chi connectivity index (χ2v) is 6.54. The number of methoxy groups -OCH3 is 1. The Morgan fingerprint density at radius 1 is 1.28 bits per heavy atom. The predicted octanol–water partition coefficient (Wildman–Crippen LogP) is 2.56. The first kappa shape index (κ1) is 18.9. The minimum absolute atomic E-state index is 0.191. The van der Waals surface area contributed by atoms with E-state index in [-0.39, 0.29) is 18.3 Å². The number of aryl methyl sites for hydroxylation is 1. The summed E-state index contributed by atoms with van der Waals surface area (Å²) in [4.78, 5) is 29.3. The molecule has 0 aliphatic rings. The van der Waals surface area contributed by atoms with Crippen LogP contribution in [0.1, 0.15) is 33.4 Å². The minimum Gasteiger partial charge on any atom is -0.496 e. The van der Waals surface area contributed by atoms with Crippen LogP contribution in [0.5, 0.6) is 5.75 Å². The number of ether oxygens (including phenoxy) is 2. The summed E-state index contributed by atoms with van der Waals surface area (Å²) < 4.78 is 12.0. The van der Waals surface area contributed by atoms with E-state index in [2.05, 4.69) is 4.99 Å². The Morgan fingerprint density at radius 2 is 2.00 bits per heavy atom. The molecule has 7 heteroatoms. The van der Waals surface area contributed by atoms with E-state index in [1.807, 2.05) is 25.1 Å². The summed E-state index contributed by atoms with van der Waals surface area (Å²) in [7, 11) is 3.39. The molecule has 25 heavy (non-hydrogen) atoms. The number of thiazole rings is 1. The summed E-state index contributed by atoms with van der Waals surface area (Å²) in [6.45, 7) is 5.80. The molecule has 0 radical (unpaired) electrons. The molecule has 1 amide bonds. The van der Waals surface area contributed by atoms with Crippen molar-refractivity contribution in [1.82, 2.24) is 4.57 Å². The average molecular weight is 362 g/mol. The van der Waals surface area contributed by atoms with Crippen LogP contribution in [-0.2, 0) is 23.0 Å². The summed E-state index contributed by atoms with van der Waals surface area (Å²) >= 11 is 1.16. The number of hydrogen-bond donors (Lipinski definition) is 0. The van der Waals surface area contributed by atoms with Gasteiger partial charge < -0.3 is 14.0 Å². The van der Waals surface area contributed by atoms with E-state index in [1.54, 1.807) is 32.6 Å². The molecule has 2 aromatic rings. The molecule has 0 aliphatic carbocycles. The molecule has 0 saturated carbocycles. The fourth-order valence-corrected chi connectivity index (χ4v) is 3.42. The van der Waals surface area contributed by atoms with E-state index in [4.69, 9.17) is 9.47 Å². The molecule has 0 saturated heterocycles. The average Bonchev–Trinajstić information content (AvgIpc) is 2.83. The predicted molar refractivity (Wildman–Crippen MR) is 96.0 cm³/mol. The van der Waals surface area contributed by atoms with Gasteiger partial charge in [0.25, 0.3) is 5.91 Å². The number of hydrogen-bond acceptors (Lipinski definition) is 5. The van der Waals surface area contributed by atoms with Gasteiger partial charge in [-0.15, -0.1) is 0 Å². The molecule has 0 atom stereocenters. The van der Waals surface area contributed by atoms with Gasteiger partial charge in [-0.1, -0.05) is 23.5 Å². The first-order valence-electron chi connectivity index (χ1n) is 7.92. The van der Waals surface area contributed by atoms with Crippen molar-refractivity contribution in [2.24, 2.45) is 12.0 Å². The van der Waals surface area contributed by atoms with Gasteiger partial charge in [0.1, 0.15) is 10.6 Å². The van der Waals surface area contributed by atoms with Gasteiger partial charge in [0.05, 0.1) is 20.1 Å². The molecule has 0 spiro atoms. The van der Waals surface area contributed by atoms with Crippen molar-refractivity contribution in [3.63, 3.8) is 0 Å². The standard InChI is InChI=1S/C18H22N2O4S/c1-6-24-17(22)16-12(3)20(4)18(25-16)19-15(21)10-13-7-8-14(23-5)11(2)9-13/h7-9H,6,10H2,1-5H3. The van der Waals surface area contributed by atoms with Crippen LogP contribution in [0, 0.1) is 13.8 Å². The lowest BCUT2D eigenvalue weighted by atomic mass is 10.1. The molecule has 134 valence electrons. The van der Waals surface area contributed by atoms with E-state index in [0.29, 0.717) is 16.3 Å². The van der Waals surface area contributed by atoms with E-state index < -0.39 is 0 Å². The monoisotopic (exact) mass is 362 g/mol. The van der Waals surface area contributed by atoms with E-state index in [1.165, 1.54) is 0 Å². The molecule has 0 aliphatic heterocycles.